The average molecular weight is 311 g/mol. The predicted octanol–water partition coefficient (Wildman–Crippen LogP) is 3.99. The Morgan fingerprint density at radius 1 is 0.909 bits per heavy atom. The van der Waals surface area contributed by atoms with Crippen LogP contribution in [-0.2, 0) is 6.54 Å². The van der Waals surface area contributed by atoms with E-state index in [9.17, 15) is 0 Å². The first-order chi connectivity index (χ1) is 10.7. The molecular formula is C17H15ClN4. The van der Waals surface area contributed by atoms with Crippen molar-refractivity contribution >= 4 is 23.1 Å². The highest BCUT2D eigenvalue weighted by Gasteiger charge is 2.11. The van der Waals surface area contributed by atoms with Gasteiger partial charge in [0, 0.05) is 12.1 Å². The molecule has 0 aliphatic rings. The van der Waals surface area contributed by atoms with E-state index in [0.717, 1.165) is 11.1 Å². The van der Waals surface area contributed by atoms with Crippen LogP contribution < -0.4 is 11.1 Å². The van der Waals surface area contributed by atoms with Gasteiger partial charge in [0.15, 0.2) is 16.8 Å². The molecule has 0 radical (unpaired) electrons. The third-order valence-electron chi connectivity index (χ3n) is 3.23. The summed E-state index contributed by atoms with van der Waals surface area (Å²) >= 11 is 6.13. The molecule has 1 aromatic heterocycles. The van der Waals surface area contributed by atoms with Crippen molar-refractivity contribution in [3.05, 3.63) is 71.4 Å². The number of nitrogens with one attached hydrogen (secondary N) is 1. The zero-order valence-corrected chi connectivity index (χ0v) is 12.6. The van der Waals surface area contributed by atoms with E-state index in [1.807, 2.05) is 60.7 Å². The zero-order chi connectivity index (χ0) is 15.4. The van der Waals surface area contributed by atoms with Crippen molar-refractivity contribution in [2.45, 2.75) is 6.54 Å². The first-order valence-electron chi connectivity index (χ1n) is 6.90. The van der Waals surface area contributed by atoms with E-state index in [0.29, 0.717) is 23.9 Å². The number of aromatic nitrogens is 2. The summed E-state index contributed by atoms with van der Waals surface area (Å²) in [7, 11) is 0. The summed E-state index contributed by atoms with van der Waals surface area (Å²) in [5.41, 5.74) is 8.37. The molecule has 3 aromatic rings. The van der Waals surface area contributed by atoms with Crippen molar-refractivity contribution in [1.29, 1.82) is 0 Å². The number of hydrogen-bond donors (Lipinski definition) is 2. The summed E-state index contributed by atoms with van der Waals surface area (Å²) in [6.45, 7) is 0.618. The predicted molar refractivity (Wildman–Crippen MR) is 90.7 cm³/mol. The van der Waals surface area contributed by atoms with E-state index in [2.05, 4.69) is 15.3 Å². The molecule has 1 heterocycles. The van der Waals surface area contributed by atoms with E-state index in [4.69, 9.17) is 17.3 Å². The molecule has 0 aliphatic carbocycles. The minimum Gasteiger partial charge on any atom is -0.393 e. The number of halogens is 1. The summed E-state index contributed by atoms with van der Waals surface area (Å²) in [5, 5.41) is 3.47. The van der Waals surface area contributed by atoms with Crippen molar-refractivity contribution in [1.82, 2.24) is 9.97 Å². The van der Waals surface area contributed by atoms with Gasteiger partial charge in [-0.1, -0.05) is 72.3 Å². The molecule has 0 bridgehead atoms. The molecular weight excluding hydrogens is 296 g/mol. The van der Waals surface area contributed by atoms with Crippen LogP contribution in [0.4, 0.5) is 11.5 Å². The van der Waals surface area contributed by atoms with Crippen LogP contribution in [-0.4, -0.2) is 9.97 Å². The molecule has 4 nitrogen and oxygen atoms in total. The fourth-order valence-electron chi connectivity index (χ4n) is 2.07. The van der Waals surface area contributed by atoms with Crippen LogP contribution in [0, 0.1) is 0 Å². The summed E-state index contributed by atoms with van der Waals surface area (Å²) in [6, 6.07) is 19.7. The van der Waals surface area contributed by atoms with Crippen LogP contribution in [0.25, 0.3) is 11.4 Å². The third-order valence-corrected chi connectivity index (χ3v) is 3.52. The van der Waals surface area contributed by atoms with Gasteiger partial charge in [-0.05, 0) is 5.56 Å². The molecule has 0 atom stereocenters. The van der Waals surface area contributed by atoms with Crippen LogP contribution in [0.3, 0.4) is 0 Å². The van der Waals surface area contributed by atoms with E-state index < -0.39 is 0 Å². The van der Waals surface area contributed by atoms with Gasteiger partial charge >= 0.3 is 0 Å². The van der Waals surface area contributed by atoms with Gasteiger partial charge in [0.2, 0.25) is 0 Å². The molecule has 2 aromatic carbocycles. The molecule has 0 amide bonds. The Balaban J connectivity index is 1.89. The smallest absolute Gasteiger partial charge is 0.163 e. The normalized spacial score (nSPS) is 10.4. The van der Waals surface area contributed by atoms with Crippen molar-refractivity contribution in [3.63, 3.8) is 0 Å². The molecule has 0 unspecified atom stereocenters. The number of anilines is 2. The zero-order valence-electron chi connectivity index (χ0n) is 11.8. The maximum Gasteiger partial charge on any atom is 0.163 e. The molecule has 0 spiro atoms. The monoisotopic (exact) mass is 310 g/mol. The third kappa shape index (κ3) is 3.18. The van der Waals surface area contributed by atoms with Gasteiger partial charge in [-0.25, -0.2) is 9.97 Å². The topological polar surface area (TPSA) is 63.8 Å². The molecule has 0 aliphatic heterocycles. The van der Waals surface area contributed by atoms with Gasteiger partial charge in [0.25, 0.3) is 0 Å². The number of nitrogens with two attached hydrogens (primary N) is 1. The highest BCUT2D eigenvalue weighted by atomic mass is 35.5. The highest BCUT2D eigenvalue weighted by molar-refractivity contribution is 6.32. The lowest BCUT2D eigenvalue weighted by Crippen LogP contribution is -2.07. The lowest BCUT2D eigenvalue weighted by Gasteiger charge is -2.11. The van der Waals surface area contributed by atoms with E-state index >= 15 is 0 Å². The van der Waals surface area contributed by atoms with Gasteiger partial charge in [0.1, 0.15) is 5.69 Å². The maximum atomic E-state index is 6.13. The van der Waals surface area contributed by atoms with Gasteiger partial charge in [-0.3, -0.25) is 0 Å². The number of rotatable bonds is 4. The largest absolute Gasteiger partial charge is 0.393 e. The average Bonchev–Trinajstić information content (AvgIpc) is 2.58. The number of nitrogens with zero attached hydrogens (tertiary/aromatic N) is 2. The Morgan fingerprint density at radius 3 is 2.23 bits per heavy atom. The SMILES string of the molecule is Nc1c(Cl)nc(-c2ccccc2)nc1NCc1ccccc1. The molecule has 3 N–H and O–H groups in total. The van der Waals surface area contributed by atoms with Gasteiger partial charge < -0.3 is 11.1 Å². The minimum absolute atomic E-state index is 0.254. The van der Waals surface area contributed by atoms with Crippen molar-refractivity contribution in [2.24, 2.45) is 0 Å². The first kappa shape index (κ1) is 14.4. The van der Waals surface area contributed by atoms with Gasteiger partial charge in [0.05, 0.1) is 0 Å². The maximum absolute atomic E-state index is 6.13. The fourth-order valence-corrected chi connectivity index (χ4v) is 2.24. The molecule has 5 heteroatoms. The summed E-state index contributed by atoms with van der Waals surface area (Å²) < 4.78 is 0. The van der Waals surface area contributed by atoms with Crippen molar-refractivity contribution < 1.29 is 0 Å². The summed E-state index contributed by atoms with van der Waals surface area (Å²) in [4.78, 5) is 8.73. The fraction of sp³-hybridized carbons (Fsp3) is 0.0588. The second-order valence-corrected chi connectivity index (χ2v) is 5.16. The molecule has 0 saturated heterocycles. The lowest BCUT2D eigenvalue weighted by atomic mass is 10.2. The van der Waals surface area contributed by atoms with Gasteiger partial charge in [-0.2, -0.15) is 0 Å². The number of nitrogen functional groups attached to an aromatic ring is 1. The van der Waals surface area contributed by atoms with Crippen LogP contribution in [0.1, 0.15) is 5.56 Å². The second-order valence-electron chi connectivity index (χ2n) is 4.81. The quantitative estimate of drug-likeness (QED) is 0.715. The first-order valence-corrected chi connectivity index (χ1v) is 7.28. The Bertz CT molecular complexity index is 760. The Labute approximate surface area is 134 Å². The van der Waals surface area contributed by atoms with Crippen molar-refractivity contribution in [3.8, 4) is 11.4 Å². The molecule has 0 saturated carbocycles. The highest BCUT2D eigenvalue weighted by Crippen LogP contribution is 2.27. The summed E-state index contributed by atoms with van der Waals surface area (Å²) in [5.74, 6) is 1.10. The van der Waals surface area contributed by atoms with E-state index in [1.54, 1.807) is 0 Å². The Hall–Kier alpha value is -2.59. The Kier molecular flexibility index (Phi) is 4.21. The van der Waals surface area contributed by atoms with Gasteiger partial charge in [-0.15, -0.1) is 0 Å². The molecule has 110 valence electrons. The molecule has 0 fully saturated rings. The van der Waals surface area contributed by atoms with Crippen LogP contribution >= 0.6 is 11.6 Å². The van der Waals surface area contributed by atoms with Crippen LogP contribution in [0.2, 0.25) is 5.15 Å². The van der Waals surface area contributed by atoms with E-state index in [-0.39, 0.29) is 5.15 Å². The van der Waals surface area contributed by atoms with Crippen LogP contribution in [0.5, 0.6) is 0 Å². The number of benzene rings is 2. The Morgan fingerprint density at radius 2 is 1.55 bits per heavy atom. The lowest BCUT2D eigenvalue weighted by molar-refractivity contribution is 1.09. The molecule has 22 heavy (non-hydrogen) atoms. The number of hydrogen-bond acceptors (Lipinski definition) is 4. The summed E-state index contributed by atoms with van der Waals surface area (Å²) in [6.07, 6.45) is 0. The minimum atomic E-state index is 0.254. The second kappa shape index (κ2) is 6.45. The van der Waals surface area contributed by atoms with E-state index in [1.165, 1.54) is 0 Å². The van der Waals surface area contributed by atoms with Crippen LogP contribution in [0.15, 0.2) is 60.7 Å². The van der Waals surface area contributed by atoms with Crippen molar-refractivity contribution in [2.75, 3.05) is 11.1 Å². The molecule has 3 rings (SSSR count). The standard InChI is InChI=1S/C17H15ClN4/c18-15-14(19)17(20-11-12-7-3-1-4-8-12)22-16(21-15)13-9-5-2-6-10-13/h1-10H,11,19H2,(H,20,21,22).